The van der Waals surface area contributed by atoms with E-state index >= 15 is 0 Å². The highest BCUT2D eigenvalue weighted by Gasteiger charge is 2.35. The first-order valence-electron chi connectivity index (χ1n) is 9.68. The molecule has 2 aliphatic heterocycles. The summed E-state index contributed by atoms with van der Waals surface area (Å²) in [7, 11) is -3.22. The van der Waals surface area contributed by atoms with Gasteiger partial charge in [0.2, 0.25) is 15.9 Å². The molecular weight excluding hydrogens is 369 g/mol. The van der Waals surface area contributed by atoms with Crippen LogP contribution in [0.4, 0.5) is 4.39 Å². The minimum Gasteiger partial charge on any atom is -0.338 e. The Morgan fingerprint density at radius 3 is 2.15 bits per heavy atom. The Labute approximate surface area is 161 Å². The lowest BCUT2D eigenvalue weighted by molar-refractivity contribution is -0.139. The summed E-state index contributed by atoms with van der Waals surface area (Å²) in [5.74, 6) is -0.258. The number of piperidine rings is 1. The van der Waals surface area contributed by atoms with Crippen molar-refractivity contribution in [1.29, 1.82) is 0 Å². The lowest BCUT2D eigenvalue weighted by atomic mass is 10.00. The van der Waals surface area contributed by atoms with Crippen LogP contribution in [0.1, 0.15) is 37.8 Å². The number of amides is 1. The number of rotatable bonds is 5. The topological polar surface area (TPSA) is 60.9 Å². The lowest BCUT2D eigenvalue weighted by Crippen LogP contribution is -2.54. The Kier molecular flexibility index (Phi) is 6.49. The number of likely N-dealkylation sites (tertiary alicyclic amines) is 1. The van der Waals surface area contributed by atoms with Gasteiger partial charge in [0.15, 0.2) is 0 Å². The molecule has 8 heteroatoms. The van der Waals surface area contributed by atoms with Crippen LogP contribution in [0.2, 0.25) is 0 Å². The average molecular weight is 398 g/mol. The summed E-state index contributed by atoms with van der Waals surface area (Å²) in [6, 6.07) is 5.73. The van der Waals surface area contributed by atoms with Gasteiger partial charge in [0.1, 0.15) is 11.9 Å². The fraction of sp³-hybridized carbons (Fsp3) is 0.632. The van der Waals surface area contributed by atoms with Gasteiger partial charge in [-0.3, -0.25) is 9.69 Å². The summed E-state index contributed by atoms with van der Waals surface area (Å²) >= 11 is 0. The fourth-order valence-corrected chi connectivity index (χ4v) is 4.96. The highest BCUT2D eigenvalue weighted by Crippen LogP contribution is 2.27. The summed E-state index contributed by atoms with van der Waals surface area (Å²) in [6.07, 6.45) is 3.26. The van der Waals surface area contributed by atoms with Crippen molar-refractivity contribution >= 4 is 15.9 Å². The molecule has 0 bridgehead atoms. The molecule has 2 fully saturated rings. The molecule has 27 heavy (non-hydrogen) atoms. The van der Waals surface area contributed by atoms with Crippen molar-refractivity contribution in [2.45, 2.75) is 32.2 Å². The van der Waals surface area contributed by atoms with Gasteiger partial charge >= 0.3 is 0 Å². The van der Waals surface area contributed by atoms with E-state index in [0.29, 0.717) is 26.2 Å². The molecule has 0 aliphatic carbocycles. The first-order valence-corrected chi connectivity index (χ1v) is 11.3. The number of hydrogen-bond donors (Lipinski definition) is 0. The number of halogens is 1. The van der Waals surface area contributed by atoms with Gasteiger partial charge in [-0.25, -0.2) is 12.8 Å². The van der Waals surface area contributed by atoms with Gasteiger partial charge in [0, 0.05) is 26.2 Å². The van der Waals surface area contributed by atoms with Crippen molar-refractivity contribution in [3.05, 3.63) is 35.6 Å². The first kappa shape index (κ1) is 20.2. The van der Waals surface area contributed by atoms with E-state index in [-0.39, 0.29) is 17.5 Å². The fourth-order valence-electron chi connectivity index (χ4n) is 3.87. The number of sulfonamides is 1. The van der Waals surface area contributed by atoms with Crippen LogP contribution < -0.4 is 0 Å². The van der Waals surface area contributed by atoms with Gasteiger partial charge in [-0.05, 0) is 50.6 Å². The van der Waals surface area contributed by atoms with Crippen LogP contribution in [-0.2, 0) is 14.8 Å². The van der Waals surface area contributed by atoms with Crippen molar-refractivity contribution in [3.8, 4) is 0 Å². The van der Waals surface area contributed by atoms with Crippen LogP contribution >= 0.6 is 0 Å². The molecular formula is C19H28FN3O3S. The minimum absolute atomic E-state index is 0.0166. The molecule has 1 atom stereocenters. The third-order valence-corrected chi connectivity index (χ3v) is 7.37. The Bertz CT molecular complexity index is 740. The average Bonchev–Trinajstić information content (AvgIpc) is 2.70. The zero-order valence-corrected chi connectivity index (χ0v) is 16.6. The maximum absolute atomic E-state index is 13.4. The Hall–Kier alpha value is -1.51. The van der Waals surface area contributed by atoms with E-state index in [4.69, 9.17) is 0 Å². The highest BCUT2D eigenvalue weighted by molar-refractivity contribution is 7.89. The molecule has 6 nitrogen and oxygen atoms in total. The molecule has 150 valence electrons. The van der Waals surface area contributed by atoms with Crippen LogP contribution in [0.25, 0.3) is 0 Å². The van der Waals surface area contributed by atoms with Crippen LogP contribution in [0.3, 0.4) is 0 Å². The summed E-state index contributed by atoms with van der Waals surface area (Å²) in [5.41, 5.74) is 0.798. The molecule has 0 aromatic heterocycles. The van der Waals surface area contributed by atoms with Crippen LogP contribution in [0, 0.1) is 5.82 Å². The molecule has 2 saturated heterocycles. The second-order valence-corrected chi connectivity index (χ2v) is 9.43. The van der Waals surface area contributed by atoms with Crippen molar-refractivity contribution in [1.82, 2.24) is 14.1 Å². The second kappa shape index (κ2) is 8.67. The third-order valence-electron chi connectivity index (χ3n) is 5.48. The van der Waals surface area contributed by atoms with E-state index in [1.54, 1.807) is 24.0 Å². The molecule has 0 spiro atoms. The number of carbonyl (C=O) groups excluding carboxylic acids is 1. The predicted octanol–water partition coefficient (Wildman–Crippen LogP) is 1.85. The standard InChI is InChI=1S/C19H28FN3O3S/c1-2-27(25,26)23-14-12-22(13-15-23)19(24)18(21-10-4-3-5-11-21)16-6-8-17(20)9-7-16/h6-9,18H,2-5,10-15H2,1H3. The van der Waals surface area contributed by atoms with Crippen LogP contribution in [0.15, 0.2) is 24.3 Å². The van der Waals surface area contributed by atoms with E-state index in [1.165, 1.54) is 16.4 Å². The Morgan fingerprint density at radius 1 is 1.00 bits per heavy atom. The number of benzene rings is 1. The van der Waals surface area contributed by atoms with Crippen molar-refractivity contribution < 1.29 is 17.6 Å². The molecule has 2 aliphatic rings. The number of carbonyl (C=O) groups is 1. The molecule has 1 amide bonds. The maximum atomic E-state index is 13.4. The Balaban J connectivity index is 1.76. The van der Waals surface area contributed by atoms with Gasteiger partial charge in [-0.2, -0.15) is 4.31 Å². The molecule has 1 aromatic carbocycles. The van der Waals surface area contributed by atoms with Gasteiger partial charge < -0.3 is 4.90 Å². The van der Waals surface area contributed by atoms with Crippen LogP contribution in [-0.4, -0.2) is 73.5 Å². The molecule has 0 saturated carbocycles. The summed E-state index contributed by atoms with van der Waals surface area (Å²) in [6.45, 7) is 4.77. The quantitative estimate of drug-likeness (QED) is 0.761. The van der Waals surface area contributed by atoms with Crippen molar-refractivity contribution in [2.24, 2.45) is 0 Å². The number of nitrogens with zero attached hydrogens (tertiary/aromatic N) is 3. The van der Waals surface area contributed by atoms with Gasteiger partial charge in [-0.15, -0.1) is 0 Å². The predicted molar refractivity (Wildman–Crippen MR) is 102 cm³/mol. The Morgan fingerprint density at radius 2 is 1.59 bits per heavy atom. The molecule has 0 radical (unpaired) electrons. The smallest absolute Gasteiger partial charge is 0.244 e. The molecule has 2 heterocycles. The molecule has 1 unspecified atom stereocenters. The highest BCUT2D eigenvalue weighted by atomic mass is 32.2. The van der Waals surface area contributed by atoms with Gasteiger partial charge in [0.25, 0.3) is 0 Å². The molecule has 1 aromatic rings. The monoisotopic (exact) mass is 397 g/mol. The first-order chi connectivity index (χ1) is 12.9. The normalized spacial score (nSPS) is 21.2. The summed E-state index contributed by atoms with van der Waals surface area (Å²) in [5, 5.41) is 0. The van der Waals surface area contributed by atoms with Crippen molar-refractivity contribution in [2.75, 3.05) is 45.0 Å². The zero-order valence-electron chi connectivity index (χ0n) is 15.8. The van der Waals surface area contributed by atoms with Gasteiger partial charge in [0.05, 0.1) is 5.75 Å². The van der Waals surface area contributed by atoms with E-state index < -0.39 is 16.1 Å². The minimum atomic E-state index is -3.22. The summed E-state index contributed by atoms with van der Waals surface area (Å²) < 4.78 is 38.9. The second-order valence-electron chi connectivity index (χ2n) is 7.18. The van der Waals surface area contributed by atoms with Crippen LogP contribution in [0.5, 0.6) is 0 Å². The van der Waals surface area contributed by atoms with E-state index in [2.05, 4.69) is 4.90 Å². The van der Waals surface area contributed by atoms with E-state index in [9.17, 15) is 17.6 Å². The van der Waals surface area contributed by atoms with Crippen molar-refractivity contribution in [3.63, 3.8) is 0 Å². The maximum Gasteiger partial charge on any atom is 0.244 e. The zero-order chi connectivity index (χ0) is 19.4. The third kappa shape index (κ3) is 4.67. The largest absolute Gasteiger partial charge is 0.338 e. The summed E-state index contributed by atoms with van der Waals surface area (Å²) in [4.78, 5) is 17.3. The number of hydrogen-bond acceptors (Lipinski definition) is 4. The molecule has 3 rings (SSSR count). The van der Waals surface area contributed by atoms with Gasteiger partial charge in [-0.1, -0.05) is 18.6 Å². The lowest BCUT2D eigenvalue weighted by Gasteiger charge is -2.40. The van der Waals surface area contributed by atoms with E-state index in [1.807, 2.05) is 0 Å². The molecule has 0 N–H and O–H groups in total. The van der Waals surface area contributed by atoms with E-state index in [0.717, 1.165) is 37.9 Å². The SMILES string of the molecule is CCS(=O)(=O)N1CCN(C(=O)C(c2ccc(F)cc2)N2CCCCC2)CC1. The number of piperazine rings is 1.